The van der Waals surface area contributed by atoms with Gasteiger partial charge in [0.1, 0.15) is 11.5 Å². The summed E-state index contributed by atoms with van der Waals surface area (Å²) in [6, 6.07) is 0. The third-order valence-corrected chi connectivity index (χ3v) is 3.38. The summed E-state index contributed by atoms with van der Waals surface area (Å²) >= 11 is 4.90. The number of carbonyl (C=O) groups excluding carboxylic acids is 1. The van der Waals surface area contributed by atoms with Gasteiger partial charge in [0, 0.05) is 25.5 Å². The molecule has 0 spiro atoms. The molecule has 1 fully saturated rings. The van der Waals surface area contributed by atoms with Crippen LogP contribution in [0.4, 0.5) is 0 Å². The molecule has 6 heteroatoms. The van der Waals surface area contributed by atoms with Crippen molar-refractivity contribution in [1.29, 1.82) is 0 Å². The van der Waals surface area contributed by atoms with Crippen LogP contribution in [0.1, 0.15) is 31.5 Å². The first-order valence-electron chi connectivity index (χ1n) is 6.27. The van der Waals surface area contributed by atoms with Gasteiger partial charge in [-0.25, -0.2) is 4.98 Å². The fourth-order valence-electron chi connectivity index (χ4n) is 2.23. The van der Waals surface area contributed by atoms with Crippen molar-refractivity contribution in [3.63, 3.8) is 0 Å². The number of aromatic nitrogens is 2. The second kappa shape index (κ2) is 5.95. The minimum Gasteiger partial charge on any atom is -0.387 e. The molecule has 2 N–H and O–H groups in total. The molecule has 1 aliphatic heterocycles. The van der Waals surface area contributed by atoms with E-state index in [-0.39, 0.29) is 17.4 Å². The summed E-state index contributed by atoms with van der Waals surface area (Å²) in [5.74, 6) is 0.626. The lowest BCUT2D eigenvalue weighted by atomic mass is 10.2. The Morgan fingerprint density at radius 2 is 2.00 bits per heavy atom. The number of nitrogens with two attached hydrogens (primary N) is 1. The Balaban J connectivity index is 2.01. The summed E-state index contributed by atoms with van der Waals surface area (Å²) in [6.07, 6.45) is 7.98. The van der Waals surface area contributed by atoms with Crippen molar-refractivity contribution in [2.45, 2.75) is 32.2 Å². The third-order valence-electron chi connectivity index (χ3n) is 3.20. The van der Waals surface area contributed by atoms with E-state index < -0.39 is 0 Å². The monoisotopic (exact) mass is 266 g/mol. The van der Waals surface area contributed by atoms with Gasteiger partial charge in [-0.2, -0.15) is 0 Å². The quantitative estimate of drug-likeness (QED) is 0.826. The van der Waals surface area contributed by atoms with Crippen LogP contribution in [0.25, 0.3) is 0 Å². The van der Waals surface area contributed by atoms with Crippen molar-refractivity contribution in [2.75, 3.05) is 13.1 Å². The number of carbonyl (C=O) groups is 1. The number of imidazole rings is 1. The number of rotatable bonds is 3. The molecule has 0 unspecified atom stereocenters. The molecule has 0 aromatic carbocycles. The minimum atomic E-state index is 0.118. The highest BCUT2D eigenvalue weighted by molar-refractivity contribution is 7.80. The van der Waals surface area contributed by atoms with E-state index in [9.17, 15) is 4.79 Å². The molecule has 18 heavy (non-hydrogen) atoms. The zero-order valence-corrected chi connectivity index (χ0v) is 11.2. The predicted molar refractivity (Wildman–Crippen MR) is 73.2 cm³/mol. The first kappa shape index (κ1) is 13.0. The van der Waals surface area contributed by atoms with Gasteiger partial charge in [-0.15, -0.1) is 0 Å². The number of hydrogen-bond acceptors (Lipinski definition) is 3. The first-order valence-corrected chi connectivity index (χ1v) is 6.68. The molecule has 1 amide bonds. The summed E-state index contributed by atoms with van der Waals surface area (Å²) in [5.41, 5.74) is 5.56. The molecule has 2 rings (SSSR count). The maximum Gasteiger partial charge on any atom is 0.242 e. The van der Waals surface area contributed by atoms with Gasteiger partial charge < -0.3 is 15.2 Å². The Labute approximate surface area is 112 Å². The molecule has 0 atom stereocenters. The Morgan fingerprint density at radius 3 is 2.61 bits per heavy atom. The fraction of sp³-hybridized carbons (Fsp3) is 0.583. The van der Waals surface area contributed by atoms with Crippen LogP contribution in [0.2, 0.25) is 0 Å². The van der Waals surface area contributed by atoms with Crippen LogP contribution in [0, 0.1) is 0 Å². The van der Waals surface area contributed by atoms with Gasteiger partial charge in [0.2, 0.25) is 5.91 Å². The highest BCUT2D eigenvalue weighted by Crippen LogP contribution is 2.10. The fourth-order valence-corrected chi connectivity index (χ4v) is 2.40. The highest BCUT2D eigenvalue weighted by atomic mass is 32.1. The van der Waals surface area contributed by atoms with Gasteiger partial charge in [0.05, 0.1) is 0 Å². The van der Waals surface area contributed by atoms with Crippen LogP contribution in [0.15, 0.2) is 12.4 Å². The molecule has 5 nitrogen and oxygen atoms in total. The Kier molecular flexibility index (Phi) is 4.30. The standard InChI is InChI=1S/C12H18N4OS/c13-11(18)12-14-5-8-16(12)9-10(17)15-6-3-1-2-4-7-15/h5,8H,1-4,6-7,9H2,(H2,13,18). The molecule has 1 saturated heterocycles. The zero-order valence-electron chi connectivity index (χ0n) is 10.3. The van der Waals surface area contributed by atoms with Gasteiger partial charge in [-0.1, -0.05) is 25.1 Å². The largest absolute Gasteiger partial charge is 0.387 e. The summed E-state index contributed by atoms with van der Waals surface area (Å²) < 4.78 is 1.72. The lowest BCUT2D eigenvalue weighted by Crippen LogP contribution is -2.35. The van der Waals surface area contributed by atoms with Crippen LogP contribution in [-0.2, 0) is 11.3 Å². The summed E-state index contributed by atoms with van der Waals surface area (Å²) in [7, 11) is 0. The third kappa shape index (κ3) is 3.07. The lowest BCUT2D eigenvalue weighted by molar-refractivity contribution is -0.131. The van der Waals surface area contributed by atoms with Gasteiger partial charge >= 0.3 is 0 Å². The Bertz CT molecular complexity index is 435. The SMILES string of the molecule is NC(=S)c1nccn1CC(=O)N1CCCCCC1. The highest BCUT2D eigenvalue weighted by Gasteiger charge is 2.17. The predicted octanol–water partition coefficient (Wildman–Crippen LogP) is 0.920. The second-order valence-electron chi connectivity index (χ2n) is 4.54. The summed E-state index contributed by atoms with van der Waals surface area (Å²) in [5, 5.41) is 0. The van der Waals surface area contributed by atoms with Crippen LogP contribution in [0.3, 0.4) is 0 Å². The van der Waals surface area contributed by atoms with E-state index >= 15 is 0 Å². The molecule has 0 bridgehead atoms. The minimum absolute atomic E-state index is 0.118. The maximum atomic E-state index is 12.2. The van der Waals surface area contributed by atoms with Crippen molar-refractivity contribution in [1.82, 2.24) is 14.5 Å². The Hall–Kier alpha value is -1.43. The van der Waals surface area contributed by atoms with E-state index in [0.29, 0.717) is 5.82 Å². The molecule has 0 aliphatic carbocycles. The van der Waals surface area contributed by atoms with Crippen LogP contribution in [-0.4, -0.2) is 38.4 Å². The summed E-state index contributed by atoms with van der Waals surface area (Å²) in [6.45, 7) is 1.98. The average Bonchev–Trinajstić information content (AvgIpc) is 2.63. The molecule has 2 heterocycles. The van der Waals surface area contributed by atoms with E-state index in [4.69, 9.17) is 18.0 Å². The van der Waals surface area contributed by atoms with Crippen LogP contribution >= 0.6 is 12.2 Å². The van der Waals surface area contributed by atoms with Crippen molar-refractivity contribution >= 4 is 23.1 Å². The summed E-state index contributed by atoms with van der Waals surface area (Å²) in [4.78, 5) is 18.4. The second-order valence-corrected chi connectivity index (χ2v) is 4.98. The van der Waals surface area contributed by atoms with Gasteiger partial charge in [0.25, 0.3) is 0 Å². The van der Waals surface area contributed by atoms with Gasteiger partial charge in [-0.05, 0) is 12.8 Å². The van der Waals surface area contributed by atoms with Crippen molar-refractivity contribution < 1.29 is 4.79 Å². The average molecular weight is 266 g/mol. The smallest absolute Gasteiger partial charge is 0.242 e. The molecular weight excluding hydrogens is 248 g/mol. The van der Waals surface area contributed by atoms with E-state index in [2.05, 4.69) is 4.98 Å². The zero-order chi connectivity index (χ0) is 13.0. The van der Waals surface area contributed by atoms with Crippen molar-refractivity contribution in [2.24, 2.45) is 5.73 Å². The number of thiocarbonyl (C=S) groups is 1. The molecule has 98 valence electrons. The van der Waals surface area contributed by atoms with Gasteiger partial charge in [-0.3, -0.25) is 4.79 Å². The molecular formula is C12H18N4OS. The Morgan fingerprint density at radius 1 is 1.33 bits per heavy atom. The molecule has 0 radical (unpaired) electrons. The maximum absolute atomic E-state index is 12.2. The van der Waals surface area contributed by atoms with Crippen molar-refractivity contribution in [3.05, 3.63) is 18.2 Å². The van der Waals surface area contributed by atoms with Gasteiger partial charge in [0.15, 0.2) is 5.82 Å². The molecule has 0 saturated carbocycles. The number of nitrogens with zero attached hydrogens (tertiary/aromatic N) is 3. The van der Waals surface area contributed by atoms with Crippen LogP contribution < -0.4 is 5.73 Å². The van der Waals surface area contributed by atoms with E-state index in [1.54, 1.807) is 17.0 Å². The molecule has 1 aromatic heterocycles. The molecule has 1 aromatic rings. The number of amides is 1. The number of likely N-dealkylation sites (tertiary alicyclic amines) is 1. The van der Waals surface area contributed by atoms with Crippen LogP contribution in [0.5, 0.6) is 0 Å². The van der Waals surface area contributed by atoms with Crippen molar-refractivity contribution in [3.8, 4) is 0 Å². The first-order chi connectivity index (χ1) is 8.68. The normalized spacial score (nSPS) is 16.3. The number of hydrogen-bond donors (Lipinski definition) is 1. The van der Waals surface area contributed by atoms with E-state index in [1.165, 1.54) is 12.8 Å². The lowest BCUT2D eigenvalue weighted by Gasteiger charge is -2.20. The topological polar surface area (TPSA) is 64.1 Å². The van der Waals surface area contributed by atoms with E-state index in [0.717, 1.165) is 25.9 Å². The van der Waals surface area contributed by atoms with E-state index in [1.807, 2.05) is 4.90 Å². The molecule has 1 aliphatic rings.